The summed E-state index contributed by atoms with van der Waals surface area (Å²) in [6, 6.07) is 1.46. The van der Waals surface area contributed by atoms with E-state index in [4.69, 9.17) is 11.5 Å². The Labute approximate surface area is 147 Å². The smallest absolute Gasteiger partial charge is 0.370 e. The number of alkyl halides is 3. The lowest BCUT2D eigenvalue weighted by Crippen LogP contribution is -2.28. The molecule has 140 valence electrons. The van der Waals surface area contributed by atoms with Crippen molar-refractivity contribution in [3.8, 4) is 0 Å². The van der Waals surface area contributed by atoms with Gasteiger partial charge < -0.3 is 22.1 Å². The number of halogens is 3. The minimum Gasteiger partial charge on any atom is -0.370 e. The Balaban J connectivity index is 2.41. The molecular weight excluding hydrogens is 359 g/mol. The van der Waals surface area contributed by atoms with E-state index in [1.807, 2.05) is 0 Å². The Bertz CT molecular complexity index is 583. The number of hydrogen-bond acceptors (Lipinski definition) is 6. The van der Waals surface area contributed by atoms with Crippen LogP contribution in [0.1, 0.15) is 12.8 Å². The molecule has 8 nitrogen and oxygen atoms in total. The van der Waals surface area contributed by atoms with Crippen LogP contribution in [-0.2, 0) is 4.79 Å². The van der Waals surface area contributed by atoms with Gasteiger partial charge in [-0.3, -0.25) is 4.79 Å². The molecule has 25 heavy (non-hydrogen) atoms. The van der Waals surface area contributed by atoms with E-state index >= 15 is 0 Å². The van der Waals surface area contributed by atoms with E-state index in [9.17, 15) is 18.0 Å². The first kappa shape index (κ1) is 21.0. The van der Waals surface area contributed by atoms with Crippen LogP contribution in [0, 0.1) is 0 Å². The zero-order valence-electron chi connectivity index (χ0n) is 13.3. The largest absolute Gasteiger partial charge is 0.408 e. The number of hydrogen-bond donors (Lipinski definition) is 4. The number of rotatable bonds is 9. The van der Waals surface area contributed by atoms with Crippen molar-refractivity contribution in [3.05, 3.63) is 12.3 Å². The first-order valence-corrected chi connectivity index (χ1v) is 8.35. The molecule has 0 aromatic carbocycles. The zero-order valence-corrected chi connectivity index (χ0v) is 14.2. The summed E-state index contributed by atoms with van der Waals surface area (Å²) in [6.45, 7) is -0.533. The second kappa shape index (κ2) is 10.7. The molecule has 0 atom stereocenters. The number of aliphatic imine (C=N–C) groups is 1. The van der Waals surface area contributed by atoms with Gasteiger partial charge in [-0.1, -0.05) is 11.8 Å². The summed E-state index contributed by atoms with van der Waals surface area (Å²) in [6.07, 6.45) is -1.99. The van der Waals surface area contributed by atoms with Crippen LogP contribution in [0.2, 0.25) is 0 Å². The number of aromatic nitrogens is 2. The molecular formula is C13H20F3N7OS. The monoisotopic (exact) mass is 379 g/mol. The second-order valence-corrected chi connectivity index (χ2v) is 5.82. The quantitative estimate of drug-likeness (QED) is 0.163. The van der Waals surface area contributed by atoms with E-state index < -0.39 is 12.7 Å². The average Bonchev–Trinajstić information content (AvgIpc) is 2.55. The summed E-state index contributed by atoms with van der Waals surface area (Å²) < 4.78 is 36.2. The van der Waals surface area contributed by atoms with Gasteiger partial charge in [0, 0.05) is 31.5 Å². The maximum absolute atomic E-state index is 12.1. The molecule has 1 rings (SSSR count). The Morgan fingerprint density at radius 1 is 1.40 bits per heavy atom. The number of nitrogens with zero attached hydrogens (tertiary/aromatic N) is 3. The van der Waals surface area contributed by atoms with E-state index in [0.717, 1.165) is 0 Å². The lowest BCUT2D eigenvalue weighted by Gasteiger charge is -2.07. The van der Waals surface area contributed by atoms with Crippen LogP contribution >= 0.6 is 11.8 Å². The fourth-order valence-electron chi connectivity index (χ4n) is 1.52. The number of amides is 1. The summed E-state index contributed by atoms with van der Waals surface area (Å²) in [7, 11) is 0. The SMILES string of the molecule is NCCNC(=O)CCCSc1nccc(NC(N)=NCC(F)(F)F)n1. The van der Waals surface area contributed by atoms with Gasteiger partial charge in [0.15, 0.2) is 11.1 Å². The molecule has 0 unspecified atom stereocenters. The highest BCUT2D eigenvalue weighted by molar-refractivity contribution is 7.99. The third kappa shape index (κ3) is 10.4. The summed E-state index contributed by atoms with van der Waals surface area (Å²) in [5, 5.41) is 5.55. The number of thioether (sulfide) groups is 1. The Kier molecular flexibility index (Phi) is 8.99. The lowest BCUT2D eigenvalue weighted by molar-refractivity contribution is -0.121. The summed E-state index contributed by atoms with van der Waals surface area (Å²) in [5.74, 6) is 0.387. The zero-order chi connectivity index (χ0) is 18.7. The molecule has 6 N–H and O–H groups in total. The molecule has 1 aromatic rings. The molecule has 0 saturated heterocycles. The van der Waals surface area contributed by atoms with Crippen molar-refractivity contribution in [1.29, 1.82) is 0 Å². The van der Waals surface area contributed by atoms with Gasteiger partial charge in [0.05, 0.1) is 0 Å². The van der Waals surface area contributed by atoms with Crippen LogP contribution in [0.5, 0.6) is 0 Å². The highest BCUT2D eigenvalue weighted by atomic mass is 32.2. The Morgan fingerprint density at radius 3 is 2.84 bits per heavy atom. The van der Waals surface area contributed by atoms with Crippen molar-refractivity contribution in [2.45, 2.75) is 24.2 Å². The van der Waals surface area contributed by atoms with Gasteiger partial charge >= 0.3 is 6.18 Å². The van der Waals surface area contributed by atoms with E-state index in [2.05, 4.69) is 25.6 Å². The van der Waals surface area contributed by atoms with Gasteiger partial charge in [-0.15, -0.1) is 0 Å². The van der Waals surface area contributed by atoms with Crippen molar-refractivity contribution in [2.75, 3.05) is 30.7 Å². The van der Waals surface area contributed by atoms with Gasteiger partial charge in [0.1, 0.15) is 12.4 Å². The Hall–Kier alpha value is -2.08. The van der Waals surface area contributed by atoms with E-state index in [1.165, 1.54) is 24.0 Å². The minimum absolute atomic E-state index is 0.0731. The molecule has 12 heteroatoms. The fraction of sp³-hybridized carbons (Fsp3) is 0.538. The van der Waals surface area contributed by atoms with Crippen LogP contribution in [0.15, 0.2) is 22.4 Å². The molecule has 1 aromatic heterocycles. The van der Waals surface area contributed by atoms with Crippen LogP contribution in [0.4, 0.5) is 19.0 Å². The fourth-order valence-corrected chi connectivity index (χ4v) is 2.29. The summed E-state index contributed by atoms with van der Waals surface area (Å²) in [5.41, 5.74) is 10.7. The number of guanidine groups is 1. The molecule has 1 amide bonds. The molecule has 0 fully saturated rings. The van der Waals surface area contributed by atoms with Crippen LogP contribution in [-0.4, -0.2) is 53.4 Å². The number of anilines is 1. The topological polar surface area (TPSA) is 131 Å². The lowest BCUT2D eigenvalue weighted by atomic mass is 10.3. The summed E-state index contributed by atoms with van der Waals surface area (Å²) in [4.78, 5) is 22.7. The maximum atomic E-state index is 12.1. The van der Waals surface area contributed by atoms with Crippen LogP contribution in [0.25, 0.3) is 0 Å². The first-order chi connectivity index (χ1) is 11.8. The third-order valence-electron chi connectivity index (χ3n) is 2.56. The van der Waals surface area contributed by atoms with Crippen molar-refractivity contribution in [1.82, 2.24) is 15.3 Å². The van der Waals surface area contributed by atoms with Crippen molar-refractivity contribution >= 4 is 29.4 Å². The molecule has 0 aliphatic heterocycles. The van der Waals surface area contributed by atoms with Crippen molar-refractivity contribution < 1.29 is 18.0 Å². The van der Waals surface area contributed by atoms with E-state index in [-0.39, 0.29) is 17.7 Å². The van der Waals surface area contributed by atoms with Gasteiger partial charge in [0.2, 0.25) is 5.91 Å². The van der Waals surface area contributed by atoms with Gasteiger partial charge in [0.25, 0.3) is 0 Å². The van der Waals surface area contributed by atoms with Crippen molar-refractivity contribution in [3.63, 3.8) is 0 Å². The molecule has 0 aliphatic rings. The van der Waals surface area contributed by atoms with Gasteiger partial charge in [-0.25, -0.2) is 15.0 Å². The standard InChI is InChI=1S/C13H20F3N7OS/c14-13(15,16)8-21-11(18)22-9-3-5-20-12(23-9)25-7-1-2-10(24)19-6-4-17/h3,5H,1-2,4,6-8,17H2,(H,19,24)(H3,18,20,21,22,23). The third-order valence-corrected chi connectivity index (χ3v) is 3.51. The van der Waals surface area contributed by atoms with Crippen LogP contribution < -0.4 is 22.1 Å². The molecule has 0 saturated carbocycles. The number of nitrogens with one attached hydrogen (secondary N) is 2. The molecule has 0 radical (unpaired) electrons. The number of carbonyl (C=O) groups is 1. The van der Waals surface area contributed by atoms with Crippen LogP contribution in [0.3, 0.4) is 0 Å². The van der Waals surface area contributed by atoms with Gasteiger partial charge in [-0.05, 0) is 12.5 Å². The normalized spacial score (nSPS) is 12.1. The Morgan fingerprint density at radius 2 is 2.16 bits per heavy atom. The minimum atomic E-state index is -4.42. The number of nitrogens with two attached hydrogens (primary N) is 2. The number of carbonyl (C=O) groups excluding carboxylic acids is 1. The first-order valence-electron chi connectivity index (χ1n) is 7.36. The molecule has 0 spiro atoms. The van der Waals surface area contributed by atoms with E-state index in [0.29, 0.717) is 36.8 Å². The predicted molar refractivity (Wildman–Crippen MR) is 90.2 cm³/mol. The van der Waals surface area contributed by atoms with E-state index in [1.54, 1.807) is 0 Å². The maximum Gasteiger partial charge on any atom is 0.408 e. The highest BCUT2D eigenvalue weighted by Gasteiger charge is 2.26. The molecule has 1 heterocycles. The van der Waals surface area contributed by atoms with Gasteiger partial charge in [-0.2, -0.15) is 13.2 Å². The molecule has 0 bridgehead atoms. The predicted octanol–water partition coefficient (Wildman–Crippen LogP) is 0.713. The molecule has 0 aliphatic carbocycles. The second-order valence-electron chi connectivity index (χ2n) is 4.76. The summed E-state index contributed by atoms with van der Waals surface area (Å²) >= 11 is 1.32. The highest BCUT2D eigenvalue weighted by Crippen LogP contribution is 2.17. The van der Waals surface area contributed by atoms with Crippen molar-refractivity contribution in [2.24, 2.45) is 16.5 Å². The average molecular weight is 379 g/mol.